The van der Waals surface area contributed by atoms with E-state index in [1.54, 1.807) is 129 Å². The molecule has 0 radical (unpaired) electrons. The molecular formula is C69H72ClF4N9O10. The second-order valence-corrected chi connectivity index (χ2v) is 26.3. The van der Waals surface area contributed by atoms with Crippen molar-refractivity contribution in [2.45, 2.75) is 151 Å². The van der Waals surface area contributed by atoms with E-state index < -0.39 is 76.3 Å². The number of hydrogen-bond acceptors (Lipinski definition) is 16. The molecule has 4 amide bonds. The summed E-state index contributed by atoms with van der Waals surface area (Å²) in [5.74, 6) is -6.17. The molecule has 10 rings (SSSR count). The molecule has 2 aliphatic rings. The molecule has 2 aliphatic heterocycles. The van der Waals surface area contributed by atoms with E-state index in [4.69, 9.17) is 42.0 Å². The monoisotopic (exact) mass is 1300 g/mol. The normalized spacial score (nSPS) is 12.8. The van der Waals surface area contributed by atoms with Gasteiger partial charge in [-0.2, -0.15) is 0 Å². The minimum absolute atomic E-state index is 0.000627. The predicted octanol–water partition coefficient (Wildman–Crippen LogP) is 14.1. The van der Waals surface area contributed by atoms with Crippen LogP contribution in [0.5, 0.6) is 0 Å². The molecule has 0 saturated carbocycles. The molecule has 4 N–H and O–H groups in total. The molecule has 24 heteroatoms. The summed E-state index contributed by atoms with van der Waals surface area (Å²) in [6.07, 6.45) is -2.40. The van der Waals surface area contributed by atoms with Crippen molar-refractivity contribution in [1.29, 1.82) is 0 Å². The highest BCUT2D eigenvalue weighted by molar-refractivity contribution is 6.17. The number of fused-ring (bicyclic) bond motifs is 4. The van der Waals surface area contributed by atoms with Crippen LogP contribution in [0.15, 0.2) is 109 Å². The Bertz CT molecular complexity index is 4130. The van der Waals surface area contributed by atoms with Gasteiger partial charge in [-0.3, -0.25) is 19.2 Å². The third kappa shape index (κ3) is 17.8. The van der Waals surface area contributed by atoms with Gasteiger partial charge in [0.1, 0.15) is 40.2 Å². The number of nitrogen functional groups attached to an aromatic ring is 2. The average Bonchev–Trinajstić information content (AvgIpc) is 1.54. The summed E-state index contributed by atoms with van der Waals surface area (Å²) >= 11 is 5.97. The minimum atomic E-state index is -1.19. The van der Waals surface area contributed by atoms with Crippen molar-refractivity contribution in [3.05, 3.63) is 177 Å². The number of imide groups is 1. The zero-order chi connectivity index (χ0) is 68.2. The molecule has 488 valence electrons. The first-order valence-electron chi connectivity index (χ1n) is 29.5. The van der Waals surface area contributed by atoms with Crippen LogP contribution < -0.4 is 11.5 Å². The molecule has 4 heterocycles. The van der Waals surface area contributed by atoms with Crippen molar-refractivity contribution in [1.82, 2.24) is 34.6 Å². The highest BCUT2D eigenvalue weighted by Gasteiger charge is 2.34. The second kappa shape index (κ2) is 27.6. The van der Waals surface area contributed by atoms with E-state index in [0.717, 1.165) is 46.5 Å². The van der Waals surface area contributed by atoms with Gasteiger partial charge in [0.2, 0.25) is 11.9 Å². The molecule has 0 atom stereocenters. The van der Waals surface area contributed by atoms with E-state index in [-0.39, 0.29) is 58.5 Å². The van der Waals surface area contributed by atoms with Gasteiger partial charge in [-0.05, 0) is 187 Å². The Morgan fingerprint density at radius 2 is 0.806 bits per heavy atom. The van der Waals surface area contributed by atoms with Crippen LogP contribution in [0.25, 0.3) is 44.1 Å². The Labute approximate surface area is 540 Å². The van der Waals surface area contributed by atoms with Crippen LogP contribution in [0, 0.1) is 23.3 Å². The van der Waals surface area contributed by atoms with Crippen molar-refractivity contribution in [3.8, 4) is 22.3 Å². The smallest absolute Gasteiger partial charge is 0.420 e. The fourth-order valence-corrected chi connectivity index (χ4v) is 10.3. The molecule has 93 heavy (non-hydrogen) atoms. The highest BCUT2D eigenvalue weighted by Crippen LogP contribution is 2.36. The molecule has 0 aliphatic carbocycles. The maximum absolute atomic E-state index is 14.8. The predicted molar refractivity (Wildman–Crippen MR) is 343 cm³/mol. The SMILES string of the molecule is CC(C)(C)OC(=O)CC(=O)OC(C)(C)C.CC(C)(C)OC(=O)N(Cc1cc(F)c(F)cc1-c1ccc2nc(N)nc(C(=O)N3Cc4ccccc4C3)c2c1)C(=O)OC(C)(C)C.Nc1nc(C(=O)N2Cc3ccccc3C2)c2cc(-c3cc(F)c(F)cc3CCl)ccc2n1. The van der Waals surface area contributed by atoms with Crippen molar-refractivity contribution in [2.24, 2.45) is 0 Å². The Morgan fingerprint density at radius 1 is 0.473 bits per heavy atom. The second-order valence-electron chi connectivity index (χ2n) is 26.1. The first kappa shape index (κ1) is 69.1. The van der Waals surface area contributed by atoms with Gasteiger partial charge in [0.25, 0.3) is 11.8 Å². The van der Waals surface area contributed by atoms with Crippen LogP contribution in [0.2, 0.25) is 0 Å². The Hall–Kier alpha value is -9.77. The van der Waals surface area contributed by atoms with Gasteiger partial charge < -0.3 is 40.2 Å². The molecular weight excluding hydrogens is 1230 g/mol. The van der Waals surface area contributed by atoms with Gasteiger partial charge in [0.05, 0.1) is 17.6 Å². The van der Waals surface area contributed by atoms with E-state index in [9.17, 15) is 46.3 Å². The first-order valence-corrected chi connectivity index (χ1v) is 30.0. The number of halogens is 5. The number of esters is 2. The summed E-state index contributed by atoms with van der Waals surface area (Å²) in [7, 11) is 0. The van der Waals surface area contributed by atoms with E-state index in [2.05, 4.69) is 19.9 Å². The van der Waals surface area contributed by atoms with Crippen LogP contribution in [0.3, 0.4) is 0 Å². The van der Waals surface area contributed by atoms with Gasteiger partial charge in [-0.1, -0.05) is 60.7 Å². The van der Waals surface area contributed by atoms with E-state index in [1.807, 2.05) is 48.5 Å². The van der Waals surface area contributed by atoms with E-state index >= 15 is 0 Å². The summed E-state index contributed by atoms with van der Waals surface area (Å²) in [5.41, 5.74) is 16.1. The number of carbonyl (C=O) groups excluding carboxylic acids is 6. The summed E-state index contributed by atoms with van der Waals surface area (Å²) in [5, 5.41) is 0.808. The average molecular weight is 1300 g/mol. The number of nitrogens with two attached hydrogens (primary N) is 2. The molecule has 0 unspecified atom stereocenters. The topological polar surface area (TPSA) is 253 Å². The lowest BCUT2D eigenvalue weighted by Gasteiger charge is -2.29. The lowest BCUT2D eigenvalue weighted by molar-refractivity contribution is -0.166. The molecule has 0 spiro atoms. The van der Waals surface area contributed by atoms with Crippen molar-refractivity contribution >= 4 is 81.2 Å². The van der Waals surface area contributed by atoms with Gasteiger partial charge >= 0.3 is 24.1 Å². The number of aromatic nitrogens is 4. The van der Waals surface area contributed by atoms with Crippen LogP contribution in [-0.4, -0.2) is 93.0 Å². The maximum atomic E-state index is 14.8. The summed E-state index contributed by atoms with van der Waals surface area (Å²) in [6.45, 7) is 21.5. The maximum Gasteiger partial charge on any atom is 0.420 e. The Balaban J connectivity index is 0.000000204. The quantitative estimate of drug-likeness (QED) is 0.0448. The fourth-order valence-electron chi connectivity index (χ4n) is 10.0. The van der Waals surface area contributed by atoms with Crippen LogP contribution >= 0.6 is 11.6 Å². The molecule has 0 saturated heterocycles. The molecule has 6 aromatic carbocycles. The molecule has 2 aromatic heterocycles. The Kier molecular flexibility index (Phi) is 20.5. The molecule has 19 nitrogen and oxygen atoms in total. The minimum Gasteiger partial charge on any atom is -0.460 e. The number of nitrogens with zero attached hydrogens (tertiary/aromatic N) is 7. The zero-order valence-corrected chi connectivity index (χ0v) is 54.4. The van der Waals surface area contributed by atoms with Gasteiger partial charge in [-0.15, -0.1) is 11.6 Å². The largest absolute Gasteiger partial charge is 0.460 e. The van der Waals surface area contributed by atoms with Crippen LogP contribution in [0.1, 0.15) is 144 Å². The number of rotatable bonds is 9. The lowest BCUT2D eigenvalue weighted by Crippen LogP contribution is -2.43. The summed E-state index contributed by atoms with van der Waals surface area (Å²) < 4.78 is 78.0. The fraction of sp³-hybridized carbons (Fsp3) is 0.333. The molecule has 0 bridgehead atoms. The number of hydrogen-bond donors (Lipinski definition) is 2. The van der Waals surface area contributed by atoms with E-state index in [1.165, 1.54) is 0 Å². The number of carbonyl (C=O) groups is 6. The van der Waals surface area contributed by atoms with Gasteiger partial charge in [-0.25, -0.2) is 52.0 Å². The first-order chi connectivity index (χ1) is 43.4. The number of benzene rings is 6. The summed E-state index contributed by atoms with van der Waals surface area (Å²) in [4.78, 5) is 97.1. The number of ether oxygens (including phenoxy) is 4. The van der Waals surface area contributed by atoms with E-state index in [0.29, 0.717) is 75.1 Å². The van der Waals surface area contributed by atoms with Crippen molar-refractivity contribution < 1.29 is 65.3 Å². The third-order valence-corrected chi connectivity index (χ3v) is 14.1. The Morgan fingerprint density at radius 3 is 1.15 bits per heavy atom. The number of alkyl halides is 1. The molecule has 8 aromatic rings. The van der Waals surface area contributed by atoms with Crippen molar-refractivity contribution in [2.75, 3.05) is 11.5 Å². The number of amides is 4. The van der Waals surface area contributed by atoms with Gasteiger partial charge in [0.15, 0.2) is 23.3 Å². The summed E-state index contributed by atoms with van der Waals surface area (Å²) in [6, 6.07) is 29.5. The molecule has 0 fully saturated rings. The van der Waals surface area contributed by atoms with Crippen LogP contribution in [0.4, 0.5) is 39.0 Å². The number of anilines is 2. The standard InChI is InChI=1S/C34H35F2N5O5.C24H17ClF2N4O.C11H20O4/c1-33(2,3)45-31(43)41(32(44)46-34(4,5)6)18-22-14-25(35)26(36)15-23(22)19-11-12-27-24(13-19)28(39-30(37)38-27)29(42)40-16-20-9-7-8-10-21(20)17-40;25-10-16-8-19(26)20(27)9-17(16)13-5-6-21-18(7-13)22(30-24(28)29-21)23(32)31-11-14-3-1-2-4-15(14)12-31;1-10(2,3)14-8(12)7-9(13)15-11(4,5)6/h7-15H,16-18H2,1-6H3,(H2,37,38,39);1-9H,10-12H2,(H2,28,29,30);7H2,1-6H3. The van der Waals surface area contributed by atoms with Crippen molar-refractivity contribution in [3.63, 3.8) is 0 Å². The lowest BCUT2D eigenvalue weighted by atomic mass is 9.96. The van der Waals surface area contributed by atoms with Gasteiger partial charge in [0, 0.05) is 42.8 Å². The third-order valence-electron chi connectivity index (χ3n) is 13.8. The van der Waals surface area contributed by atoms with Crippen LogP contribution in [-0.2, 0) is 67.1 Å². The highest BCUT2D eigenvalue weighted by atomic mass is 35.5. The zero-order valence-electron chi connectivity index (χ0n) is 53.6.